The van der Waals surface area contributed by atoms with Crippen LogP contribution in [0.25, 0.3) is 5.69 Å². The Morgan fingerprint density at radius 2 is 2.50 bits per heavy atom. The van der Waals surface area contributed by atoms with Gasteiger partial charge in [0.1, 0.15) is 0 Å². The first-order chi connectivity index (χ1) is 7.83. The van der Waals surface area contributed by atoms with Gasteiger partial charge < -0.3 is 4.57 Å². The van der Waals surface area contributed by atoms with Crippen molar-refractivity contribution in [3.05, 3.63) is 35.0 Å². The predicted molar refractivity (Wildman–Crippen MR) is 60.6 cm³/mol. The van der Waals surface area contributed by atoms with Crippen LogP contribution in [0, 0.1) is 11.3 Å². The van der Waals surface area contributed by atoms with Crippen molar-refractivity contribution in [3.63, 3.8) is 0 Å². The quantitative estimate of drug-likeness (QED) is 0.759. The third-order valence-electron chi connectivity index (χ3n) is 2.14. The number of rotatable bonds is 4. The zero-order valence-electron chi connectivity index (χ0n) is 8.46. The van der Waals surface area contributed by atoms with Crippen molar-refractivity contribution in [2.75, 3.05) is 0 Å². The molecule has 4 nitrogen and oxygen atoms in total. The second kappa shape index (κ2) is 4.73. The van der Waals surface area contributed by atoms with E-state index in [1.165, 1.54) is 11.3 Å². The number of carbonyl (C=O) groups excluding carboxylic acids is 1. The third kappa shape index (κ3) is 2.02. The zero-order chi connectivity index (χ0) is 11.4. The molecule has 0 unspecified atom stereocenters. The van der Waals surface area contributed by atoms with E-state index in [-0.39, 0.29) is 18.6 Å². The lowest BCUT2D eigenvalue weighted by atomic mass is 10.2. The average Bonchev–Trinajstić information content (AvgIpc) is 2.94. The molecule has 0 atom stereocenters. The first kappa shape index (κ1) is 10.6. The summed E-state index contributed by atoms with van der Waals surface area (Å²) in [5.74, 6) is 0.0141. The summed E-state index contributed by atoms with van der Waals surface area (Å²) in [7, 11) is 0. The van der Waals surface area contributed by atoms with E-state index in [0.29, 0.717) is 4.88 Å². The minimum atomic E-state index is 0.0141. The van der Waals surface area contributed by atoms with Gasteiger partial charge in [-0.15, -0.1) is 11.3 Å². The van der Waals surface area contributed by atoms with Crippen molar-refractivity contribution in [1.82, 2.24) is 9.55 Å². The van der Waals surface area contributed by atoms with Gasteiger partial charge in [0.2, 0.25) is 0 Å². The molecule has 0 aliphatic carbocycles. The summed E-state index contributed by atoms with van der Waals surface area (Å²) in [6.07, 6.45) is 5.66. The number of aromatic nitrogens is 2. The maximum atomic E-state index is 11.8. The Labute approximate surface area is 96.8 Å². The highest BCUT2D eigenvalue weighted by atomic mass is 32.1. The predicted octanol–water partition coefficient (Wildman–Crippen LogP) is 2.42. The number of ketones is 1. The van der Waals surface area contributed by atoms with Crippen LogP contribution in [0.3, 0.4) is 0 Å². The Morgan fingerprint density at radius 1 is 1.62 bits per heavy atom. The number of carbonyl (C=O) groups is 1. The van der Waals surface area contributed by atoms with Gasteiger partial charge in [0.25, 0.3) is 0 Å². The van der Waals surface area contributed by atoms with E-state index in [4.69, 9.17) is 5.26 Å². The van der Waals surface area contributed by atoms with E-state index in [2.05, 4.69) is 4.98 Å². The van der Waals surface area contributed by atoms with Crippen LogP contribution in [-0.4, -0.2) is 15.3 Å². The Hall–Kier alpha value is -1.93. The topological polar surface area (TPSA) is 58.7 Å². The van der Waals surface area contributed by atoms with Crippen molar-refractivity contribution in [1.29, 1.82) is 5.26 Å². The maximum absolute atomic E-state index is 11.8. The summed E-state index contributed by atoms with van der Waals surface area (Å²) in [5.41, 5.74) is 0.838. The molecule has 2 rings (SSSR count). The van der Waals surface area contributed by atoms with Gasteiger partial charge in [-0.3, -0.25) is 4.79 Å². The summed E-state index contributed by atoms with van der Waals surface area (Å²) in [6, 6.07) is 3.86. The van der Waals surface area contributed by atoms with Gasteiger partial charge in [-0.05, 0) is 11.4 Å². The number of hydrogen-bond acceptors (Lipinski definition) is 4. The molecule has 0 N–H and O–H groups in total. The van der Waals surface area contributed by atoms with E-state index in [9.17, 15) is 4.79 Å². The zero-order valence-corrected chi connectivity index (χ0v) is 9.28. The van der Waals surface area contributed by atoms with Crippen LogP contribution in [0.5, 0.6) is 0 Å². The van der Waals surface area contributed by atoms with Gasteiger partial charge >= 0.3 is 0 Å². The van der Waals surface area contributed by atoms with E-state index in [1.54, 1.807) is 23.3 Å². The van der Waals surface area contributed by atoms with E-state index in [0.717, 1.165) is 5.69 Å². The number of hydrogen-bond donors (Lipinski definition) is 0. The number of nitriles is 1. The van der Waals surface area contributed by atoms with Crippen LogP contribution in [0.2, 0.25) is 0 Å². The molecule has 0 fully saturated rings. The normalized spacial score (nSPS) is 9.94. The highest BCUT2D eigenvalue weighted by molar-refractivity contribution is 7.12. The van der Waals surface area contributed by atoms with Gasteiger partial charge in [-0.25, -0.2) is 4.98 Å². The summed E-state index contributed by atoms with van der Waals surface area (Å²) < 4.78 is 1.80. The van der Waals surface area contributed by atoms with E-state index >= 15 is 0 Å². The first-order valence-electron chi connectivity index (χ1n) is 4.79. The highest BCUT2D eigenvalue weighted by Crippen LogP contribution is 2.22. The van der Waals surface area contributed by atoms with E-state index in [1.807, 2.05) is 17.5 Å². The minimum absolute atomic E-state index is 0.0141. The number of nitrogens with zero attached hydrogens (tertiary/aromatic N) is 3. The molecule has 80 valence electrons. The van der Waals surface area contributed by atoms with Gasteiger partial charge in [-0.1, -0.05) is 0 Å². The second-order valence-electron chi connectivity index (χ2n) is 3.19. The summed E-state index contributed by atoms with van der Waals surface area (Å²) in [6.45, 7) is 0. The molecule has 2 aromatic rings. The average molecular weight is 231 g/mol. The van der Waals surface area contributed by atoms with Gasteiger partial charge in [0, 0.05) is 25.2 Å². The Balaban J connectivity index is 2.27. The largest absolute Gasteiger partial charge is 0.305 e. The lowest BCUT2D eigenvalue weighted by molar-refractivity contribution is 0.0988. The fraction of sp³-hybridized carbons (Fsp3) is 0.182. The molecule has 0 bridgehead atoms. The van der Waals surface area contributed by atoms with Crippen LogP contribution in [0.4, 0.5) is 0 Å². The lowest BCUT2D eigenvalue weighted by Crippen LogP contribution is -2.01. The monoisotopic (exact) mass is 231 g/mol. The molecule has 0 aliphatic rings. The van der Waals surface area contributed by atoms with Crippen molar-refractivity contribution >= 4 is 17.1 Å². The lowest BCUT2D eigenvalue weighted by Gasteiger charge is -2.02. The van der Waals surface area contributed by atoms with Crippen molar-refractivity contribution in [3.8, 4) is 11.8 Å². The second-order valence-corrected chi connectivity index (χ2v) is 4.10. The minimum Gasteiger partial charge on any atom is -0.305 e. The van der Waals surface area contributed by atoms with Gasteiger partial charge in [0.05, 0.1) is 23.0 Å². The van der Waals surface area contributed by atoms with Crippen LogP contribution in [0.15, 0.2) is 30.2 Å². The number of thiophene rings is 1. The molecular weight excluding hydrogens is 222 g/mol. The SMILES string of the molecule is N#CCCC(=O)c1sccc1-n1ccnc1. The number of imidazole rings is 1. The highest BCUT2D eigenvalue weighted by Gasteiger charge is 2.13. The third-order valence-corrected chi connectivity index (χ3v) is 3.09. The molecule has 0 aliphatic heterocycles. The summed E-state index contributed by atoms with van der Waals surface area (Å²) >= 11 is 1.40. The fourth-order valence-corrected chi connectivity index (χ4v) is 2.26. The fourth-order valence-electron chi connectivity index (χ4n) is 1.40. The molecule has 0 radical (unpaired) electrons. The molecule has 0 saturated carbocycles. The Kier molecular flexibility index (Phi) is 3.13. The molecule has 2 heterocycles. The molecule has 0 aromatic carbocycles. The van der Waals surface area contributed by atoms with Gasteiger partial charge in [-0.2, -0.15) is 5.26 Å². The molecule has 2 aromatic heterocycles. The van der Waals surface area contributed by atoms with Crippen LogP contribution >= 0.6 is 11.3 Å². The Bertz CT molecular complexity index is 522. The molecular formula is C11H9N3OS. The molecule has 0 saturated heterocycles. The maximum Gasteiger partial charge on any atom is 0.175 e. The van der Waals surface area contributed by atoms with Crippen molar-refractivity contribution < 1.29 is 4.79 Å². The molecule has 0 amide bonds. The van der Waals surface area contributed by atoms with E-state index < -0.39 is 0 Å². The standard InChI is InChI=1S/C11H9N3OS/c12-4-1-2-10(15)11-9(3-7-16-11)14-6-5-13-8-14/h3,5-8H,1-2H2. The van der Waals surface area contributed by atoms with Gasteiger partial charge in [0.15, 0.2) is 5.78 Å². The van der Waals surface area contributed by atoms with Crippen LogP contribution in [0.1, 0.15) is 22.5 Å². The molecule has 0 spiro atoms. The van der Waals surface area contributed by atoms with Crippen LogP contribution < -0.4 is 0 Å². The summed E-state index contributed by atoms with van der Waals surface area (Å²) in [5, 5.41) is 10.3. The first-order valence-corrected chi connectivity index (χ1v) is 5.67. The van der Waals surface area contributed by atoms with Crippen molar-refractivity contribution in [2.24, 2.45) is 0 Å². The number of Topliss-reactive ketones (excluding diaryl/α,β-unsaturated/α-hetero) is 1. The smallest absolute Gasteiger partial charge is 0.175 e. The molecule has 16 heavy (non-hydrogen) atoms. The van der Waals surface area contributed by atoms with Crippen molar-refractivity contribution in [2.45, 2.75) is 12.8 Å². The van der Waals surface area contributed by atoms with Crippen LogP contribution in [-0.2, 0) is 0 Å². The summed E-state index contributed by atoms with van der Waals surface area (Å²) in [4.78, 5) is 16.4. The Morgan fingerprint density at radius 3 is 3.19 bits per heavy atom. The molecule has 5 heteroatoms.